The zero-order chi connectivity index (χ0) is 23.0. The Morgan fingerprint density at radius 1 is 1.19 bits per heavy atom. The standard InChI is InChI=1S/C24H23F2N3O3/c1-14(2)12-29-13-15(11-27-29)18-5-4-17(10-19(18)22(30)31)28-23(32)24(7-8-24)20-6-3-16(25)9-21(20)26/h3-6,9-11,13-14H,7-8,12H2,1-2H3,(H,28,32)(H,30,31). The van der Waals surface area contributed by atoms with Crippen LogP contribution in [-0.2, 0) is 16.8 Å². The van der Waals surface area contributed by atoms with E-state index in [2.05, 4.69) is 24.3 Å². The average molecular weight is 439 g/mol. The number of nitrogens with zero attached hydrogens (tertiary/aromatic N) is 2. The van der Waals surface area contributed by atoms with Gasteiger partial charge in [-0.05, 0) is 42.5 Å². The number of carbonyl (C=O) groups excluding carboxylic acids is 1. The zero-order valence-corrected chi connectivity index (χ0v) is 17.7. The van der Waals surface area contributed by atoms with Crippen molar-refractivity contribution in [3.63, 3.8) is 0 Å². The summed E-state index contributed by atoms with van der Waals surface area (Å²) in [6.45, 7) is 4.83. The van der Waals surface area contributed by atoms with Gasteiger partial charge in [-0.3, -0.25) is 9.48 Å². The Hall–Kier alpha value is -3.55. The summed E-state index contributed by atoms with van der Waals surface area (Å²) in [6, 6.07) is 7.79. The largest absolute Gasteiger partial charge is 0.478 e. The molecule has 166 valence electrons. The van der Waals surface area contributed by atoms with Crippen LogP contribution in [0.2, 0.25) is 0 Å². The average Bonchev–Trinajstić information content (AvgIpc) is 3.40. The van der Waals surface area contributed by atoms with Crippen LogP contribution in [0.1, 0.15) is 42.6 Å². The predicted octanol–water partition coefficient (Wildman–Crippen LogP) is 4.85. The molecular weight excluding hydrogens is 416 g/mol. The van der Waals surface area contributed by atoms with E-state index in [1.807, 2.05) is 0 Å². The summed E-state index contributed by atoms with van der Waals surface area (Å²) in [5.74, 6) is -2.67. The van der Waals surface area contributed by atoms with Crippen LogP contribution in [0.5, 0.6) is 0 Å². The number of carboxylic acid groups (broad SMARTS) is 1. The van der Waals surface area contributed by atoms with Crippen molar-refractivity contribution in [3.8, 4) is 11.1 Å². The summed E-state index contributed by atoms with van der Waals surface area (Å²) in [5, 5.41) is 16.7. The van der Waals surface area contributed by atoms with Crippen molar-refractivity contribution in [2.75, 3.05) is 5.32 Å². The molecule has 1 aliphatic carbocycles. The number of nitrogens with one attached hydrogen (secondary N) is 1. The molecule has 6 nitrogen and oxygen atoms in total. The highest BCUT2D eigenvalue weighted by Crippen LogP contribution is 2.50. The van der Waals surface area contributed by atoms with Crippen LogP contribution in [0.3, 0.4) is 0 Å². The highest BCUT2D eigenvalue weighted by Gasteiger charge is 2.52. The van der Waals surface area contributed by atoms with Crippen LogP contribution in [0, 0.1) is 17.6 Å². The van der Waals surface area contributed by atoms with E-state index < -0.39 is 28.9 Å². The first kappa shape index (κ1) is 21.7. The van der Waals surface area contributed by atoms with Gasteiger partial charge in [-0.15, -0.1) is 0 Å². The van der Waals surface area contributed by atoms with Gasteiger partial charge in [0.2, 0.25) is 5.91 Å². The fraction of sp³-hybridized carbons (Fsp3) is 0.292. The minimum absolute atomic E-state index is 0.0182. The Morgan fingerprint density at radius 2 is 1.94 bits per heavy atom. The van der Waals surface area contributed by atoms with Crippen molar-refractivity contribution in [1.29, 1.82) is 0 Å². The molecule has 0 radical (unpaired) electrons. The van der Waals surface area contributed by atoms with Crippen molar-refractivity contribution >= 4 is 17.6 Å². The lowest BCUT2D eigenvalue weighted by molar-refractivity contribution is -0.118. The van der Waals surface area contributed by atoms with E-state index in [4.69, 9.17) is 0 Å². The van der Waals surface area contributed by atoms with Gasteiger partial charge in [0.15, 0.2) is 0 Å². The summed E-state index contributed by atoms with van der Waals surface area (Å²) < 4.78 is 29.3. The van der Waals surface area contributed by atoms with Crippen LogP contribution < -0.4 is 5.32 Å². The van der Waals surface area contributed by atoms with Gasteiger partial charge in [-0.2, -0.15) is 5.10 Å². The number of hydrogen-bond donors (Lipinski definition) is 2. The van der Waals surface area contributed by atoms with Crippen LogP contribution in [0.25, 0.3) is 11.1 Å². The minimum atomic E-state index is -1.14. The maximum atomic E-state index is 14.3. The molecule has 0 saturated heterocycles. The summed E-state index contributed by atoms with van der Waals surface area (Å²) in [7, 11) is 0. The lowest BCUT2D eigenvalue weighted by atomic mass is 9.94. The molecule has 1 fully saturated rings. The first-order valence-corrected chi connectivity index (χ1v) is 10.4. The first-order valence-electron chi connectivity index (χ1n) is 10.4. The Labute approximate surface area is 183 Å². The number of halogens is 2. The zero-order valence-electron chi connectivity index (χ0n) is 17.7. The number of carbonyl (C=O) groups is 2. The summed E-state index contributed by atoms with van der Waals surface area (Å²) in [6.07, 6.45) is 4.26. The number of anilines is 1. The van der Waals surface area contributed by atoms with E-state index in [9.17, 15) is 23.5 Å². The monoisotopic (exact) mass is 439 g/mol. The van der Waals surface area contributed by atoms with E-state index >= 15 is 0 Å². The van der Waals surface area contributed by atoms with E-state index in [1.54, 1.807) is 29.2 Å². The van der Waals surface area contributed by atoms with Gasteiger partial charge in [-0.25, -0.2) is 13.6 Å². The molecule has 3 aromatic rings. The maximum Gasteiger partial charge on any atom is 0.336 e. The summed E-state index contributed by atoms with van der Waals surface area (Å²) in [5.41, 5.74) is 0.523. The molecule has 0 spiro atoms. The molecule has 2 aromatic carbocycles. The number of hydrogen-bond acceptors (Lipinski definition) is 3. The van der Waals surface area contributed by atoms with Crippen molar-refractivity contribution in [1.82, 2.24) is 9.78 Å². The van der Waals surface area contributed by atoms with Gasteiger partial charge in [-0.1, -0.05) is 26.0 Å². The molecule has 2 N–H and O–H groups in total. The molecule has 8 heteroatoms. The minimum Gasteiger partial charge on any atom is -0.478 e. The van der Waals surface area contributed by atoms with Crippen molar-refractivity contribution < 1.29 is 23.5 Å². The molecule has 4 rings (SSSR count). The van der Waals surface area contributed by atoms with Gasteiger partial charge in [0, 0.05) is 35.6 Å². The van der Waals surface area contributed by atoms with Crippen molar-refractivity contribution in [2.24, 2.45) is 5.92 Å². The Bertz CT molecular complexity index is 1200. The van der Waals surface area contributed by atoms with E-state index in [1.165, 1.54) is 12.1 Å². The first-order chi connectivity index (χ1) is 15.2. The quantitative estimate of drug-likeness (QED) is 0.551. The van der Waals surface area contributed by atoms with Crippen LogP contribution in [0.15, 0.2) is 48.8 Å². The Balaban J connectivity index is 1.60. The van der Waals surface area contributed by atoms with Gasteiger partial charge in [0.25, 0.3) is 0 Å². The summed E-state index contributed by atoms with van der Waals surface area (Å²) >= 11 is 0. The van der Waals surface area contributed by atoms with Crippen LogP contribution in [-0.4, -0.2) is 26.8 Å². The number of carboxylic acids is 1. The maximum absolute atomic E-state index is 14.3. The lowest BCUT2D eigenvalue weighted by Gasteiger charge is -2.17. The molecule has 1 aromatic heterocycles. The van der Waals surface area contributed by atoms with E-state index in [-0.39, 0.29) is 11.1 Å². The second-order valence-electron chi connectivity index (χ2n) is 8.57. The summed E-state index contributed by atoms with van der Waals surface area (Å²) in [4.78, 5) is 24.8. The number of amides is 1. The third kappa shape index (κ3) is 4.12. The molecule has 0 bridgehead atoms. The van der Waals surface area contributed by atoms with Gasteiger partial charge in [0.1, 0.15) is 11.6 Å². The number of benzene rings is 2. The molecular formula is C24H23F2N3O3. The molecule has 0 unspecified atom stereocenters. The van der Waals surface area contributed by atoms with E-state index in [0.717, 1.165) is 12.1 Å². The fourth-order valence-corrected chi connectivity index (χ4v) is 3.90. The highest BCUT2D eigenvalue weighted by molar-refractivity contribution is 6.03. The SMILES string of the molecule is CC(C)Cn1cc(-c2ccc(NC(=O)C3(c4ccc(F)cc4F)CC3)cc2C(=O)O)cn1. The van der Waals surface area contributed by atoms with Crippen LogP contribution >= 0.6 is 0 Å². The smallest absolute Gasteiger partial charge is 0.336 e. The number of aromatic carboxylic acids is 1. The molecule has 1 heterocycles. The highest BCUT2D eigenvalue weighted by atomic mass is 19.1. The van der Waals surface area contributed by atoms with Crippen molar-refractivity contribution in [3.05, 3.63) is 71.6 Å². The normalized spacial score (nSPS) is 14.4. The number of aromatic nitrogens is 2. The van der Waals surface area contributed by atoms with Crippen LogP contribution in [0.4, 0.5) is 14.5 Å². The second-order valence-corrected chi connectivity index (χ2v) is 8.57. The molecule has 1 amide bonds. The van der Waals surface area contributed by atoms with E-state index in [0.29, 0.717) is 42.1 Å². The van der Waals surface area contributed by atoms with Gasteiger partial charge in [0.05, 0.1) is 17.2 Å². The van der Waals surface area contributed by atoms with Crippen molar-refractivity contribution in [2.45, 2.75) is 38.6 Å². The molecule has 1 aliphatic rings. The third-order valence-electron chi connectivity index (χ3n) is 5.64. The molecule has 1 saturated carbocycles. The topological polar surface area (TPSA) is 84.2 Å². The number of rotatable bonds is 7. The second kappa shape index (κ2) is 8.18. The molecule has 32 heavy (non-hydrogen) atoms. The van der Waals surface area contributed by atoms with Gasteiger partial charge < -0.3 is 10.4 Å². The third-order valence-corrected chi connectivity index (χ3v) is 5.64. The lowest BCUT2D eigenvalue weighted by Crippen LogP contribution is -2.29. The Morgan fingerprint density at radius 3 is 2.56 bits per heavy atom. The fourth-order valence-electron chi connectivity index (χ4n) is 3.90. The predicted molar refractivity (Wildman–Crippen MR) is 115 cm³/mol. The molecule has 0 aliphatic heterocycles. The van der Waals surface area contributed by atoms with Gasteiger partial charge >= 0.3 is 5.97 Å². The molecule has 0 atom stereocenters. The Kier molecular flexibility index (Phi) is 5.54.